The Morgan fingerprint density at radius 1 is 1.11 bits per heavy atom. The van der Waals surface area contributed by atoms with Crippen LogP contribution in [0, 0.1) is 5.92 Å². The lowest BCUT2D eigenvalue weighted by Gasteiger charge is -2.15. The molecular weight excluding hydrogens is 222 g/mol. The van der Waals surface area contributed by atoms with Gasteiger partial charge in [-0.15, -0.1) is 0 Å². The third-order valence-corrected chi connectivity index (χ3v) is 4.55. The predicted octanol–water partition coefficient (Wildman–Crippen LogP) is 3.07. The Balaban J connectivity index is 1.51. The molecule has 1 saturated carbocycles. The van der Waals surface area contributed by atoms with Gasteiger partial charge in [0.25, 0.3) is 0 Å². The van der Waals surface area contributed by atoms with Gasteiger partial charge in [-0.2, -0.15) is 0 Å². The van der Waals surface area contributed by atoms with Crippen LogP contribution < -0.4 is 10.5 Å². The highest BCUT2D eigenvalue weighted by atomic mass is 16.5. The van der Waals surface area contributed by atoms with E-state index in [-0.39, 0.29) is 0 Å². The van der Waals surface area contributed by atoms with E-state index in [9.17, 15) is 0 Å². The van der Waals surface area contributed by atoms with Crippen LogP contribution in [0.25, 0.3) is 0 Å². The zero-order valence-corrected chi connectivity index (χ0v) is 11.0. The molecule has 2 N–H and O–H groups in total. The van der Waals surface area contributed by atoms with E-state index in [1.54, 1.807) is 0 Å². The number of benzene rings is 1. The standard InChI is InChI=1S/C16H23NO/c17-16-6-2-4-13(16)9-10-18-15-8-7-12-3-1-5-14(12)11-15/h7-8,11,13,16H,1-6,9-10,17H2. The Morgan fingerprint density at radius 2 is 2.00 bits per heavy atom. The topological polar surface area (TPSA) is 35.2 Å². The normalized spacial score (nSPS) is 26.3. The number of rotatable bonds is 4. The molecular formula is C16H23NO. The summed E-state index contributed by atoms with van der Waals surface area (Å²) in [6.45, 7) is 0.817. The number of nitrogens with two attached hydrogens (primary N) is 1. The summed E-state index contributed by atoms with van der Waals surface area (Å²) in [6, 6.07) is 7.00. The highest BCUT2D eigenvalue weighted by molar-refractivity contribution is 5.38. The van der Waals surface area contributed by atoms with Crippen LogP contribution in [0.4, 0.5) is 0 Å². The fraction of sp³-hybridized carbons (Fsp3) is 0.625. The highest BCUT2D eigenvalue weighted by Gasteiger charge is 2.23. The predicted molar refractivity (Wildman–Crippen MR) is 73.9 cm³/mol. The molecule has 0 spiro atoms. The molecule has 18 heavy (non-hydrogen) atoms. The summed E-state index contributed by atoms with van der Waals surface area (Å²) in [5.74, 6) is 1.72. The van der Waals surface area contributed by atoms with Crippen molar-refractivity contribution in [1.29, 1.82) is 0 Å². The number of ether oxygens (including phenoxy) is 1. The summed E-state index contributed by atoms with van der Waals surface area (Å²) in [5, 5.41) is 0. The summed E-state index contributed by atoms with van der Waals surface area (Å²) in [5.41, 5.74) is 9.08. The molecule has 0 bridgehead atoms. The molecule has 98 valence electrons. The maximum absolute atomic E-state index is 6.08. The molecule has 0 aromatic heterocycles. The number of aryl methyl sites for hydroxylation is 2. The second-order valence-corrected chi connectivity index (χ2v) is 5.78. The van der Waals surface area contributed by atoms with Crippen LogP contribution in [-0.2, 0) is 12.8 Å². The summed E-state index contributed by atoms with van der Waals surface area (Å²) in [6.07, 6.45) is 8.66. The Labute approximate surface area is 110 Å². The Hall–Kier alpha value is -1.02. The largest absolute Gasteiger partial charge is 0.494 e. The first-order chi connectivity index (χ1) is 8.83. The lowest BCUT2D eigenvalue weighted by molar-refractivity contribution is 0.271. The van der Waals surface area contributed by atoms with Gasteiger partial charge in [0, 0.05) is 6.04 Å². The molecule has 1 aromatic rings. The molecule has 0 radical (unpaired) electrons. The van der Waals surface area contributed by atoms with Gasteiger partial charge < -0.3 is 10.5 Å². The first kappa shape index (κ1) is 12.0. The van der Waals surface area contributed by atoms with E-state index in [2.05, 4.69) is 18.2 Å². The molecule has 0 aliphatic heterocycles. The van der Waals surface area contributed by atoms with Crippen molar-refractivity contribution in [2.75, 3.05) is 6.61 Å². The monoisotopic (exact) mass is 245 g/mol. The van der Waals surface area contributed by atoms with Crippen LogP contribution in [0.5, 0.6) is 5.75 Å². The van der Waals surface area contributed by atoms with Crippen molar-refractivity contribution in [3.63, 3.8) is 0 Å². The van der Waals surface area contributed by atoms with Gasteiger partial charge >= 0.3 is 0 Å². The van der Waals surface area contributed by atoms with Gasteiger partial charge in [-0.25, -0.2) is 0 Å². The fourth-order valence-corrected chi connectivity index (χ4v) is 3.39. The average Bonchev–Trinajstić information content (AvgIpc) is 2.98. The minimum atomic E-state index is 0.411. The van der Waals surface area contributed by atoms with Crippen LogP contribution >= 0.6 is 0 Å². The van der Waals surface area contributed by atoms with Crippen LogP contribution in [0.3, 0.4) is 0 Å². The summed E-state index contributed by atoms with van der Waals surface area (Å²) in [4.78, 5) is 0. The number of hydrogen-bond acceptors (Lipinski definition) is 2. The van der Waals surface area contributed by atoms with Crippen molar-refractivity contribution in [2.45, 2.75) is 51.0 Å². The second-order valence-electron chi connectivity index (χ2n) is 5.78. The van der Waals surface area contributed by atoms with E-state index in [1.165, 1.54) is 49.7 Å². The van der Waals surface area contributed by atoms with Crippen LogP contribution in [0.15, 0.2) is 18.2 Å². The summed E-state index contributed by atoms with van der Waals surface area (Å²) >= 11 is 0. The SMILES string of the molecule is NC1CCCC1CCOc1ccc2c(c1)CCC2. The van der Waals surface area contributed by atoms with E-state index < -0.39 is 0 Å². The molecule has 2 aliphatic carbocycles. The maximum Gasteiger partial charge on any atom is 0.119 e. The molecule has 2 heteroatoms. The number of fused-ring (bicyclic) bond motifs is 1. The van der Waals surface area contributed by atoms with E-state index >= 15 is 0 Å². The minimum absolute atomic E-state index is 0.411. The number of hydrogen-bond donors (Lipinski definition) is 1. The Kier molecular flexibility index (Phi) is 3.55. The maximum atomic E-state index is 6.08. The van der Waals surface area contributed by atoms with Crippen molar-refractivity contribution in [3.8, 4) is 5.75 Å². The molecule has 2 aliphatic rings. The quantitative estimate of drug-likeness (QED) is 0.884. The van der Waals surface area contributed by atoms with E-state index in [0.29, 0.717) is 12.0 Å². The van der Waals surface area contributed by atoms with Gasteiger partial charge in [0.1, 0.15) is 5.75 Å². The zero-order chi connectivity index (χ0) is 12.4. The molecule has 1 fully saturated rings. The molecule has 2 atom stereocenters. The fourth-order valence-electron chi connectivity index (χ4n) is 3.39. The van der Waals surface area contributed by atoms with Gasteiger partial charge in [0.05, 0.1) is 6.61 Å². The molecule has 3 rings (SSSR count). The highest BCUT2D eigenvalue weighted by Crippen LogP contribution is 2.28. The summed E-state index contributed by atoms with van der Waals surface area (Å²) in [7, 11) is 0. The van der Waals surface area contributed by atoms with Gasteiger partial charge in [0.15, 0.2) is 0 Å². The molecule has 0 saturated heterocycles. The van der Waals surface area contributed by atoms with Gasteiger partial charge in [-0.3, -0.25) is 0 Å². The van der Waals surface area contributed by atoms with Crippen molar-refractivity contribution in [2.24, 2.45) is 11.7 Å². The van der Waals surface area contributed by atoms with Crippen molar-refractivity contribution < 1.29 is 4.74 Å². The first-order valence-electron chi connectivity index (χ1n) is 7.33. The smallest absolute Gasteiger partial charge is 0.119 e. The van der Waals surface area contributed by atoms with E-state index in [1.807, 2.05) is 0 Å². The zero-order valence-electron chi connectivity index (χ0n) is 11.0. The average molecular weight is 245 g/mol. The van der Waals surface area contributed by atoms with E-state index in [0.717, 1.165) is 18.8 Å². The van der Waals surface area contributed by atoms with Gasteiger partial charge in [-0.1, -0.05) is 12.5 Å². The molecule has 2 unspecified atom stereocenters. The lowest BCUT2D eigenvalue weighted by Crippen LogP contribution is -2.25. The van der Waals surface area contributed by atoms with Gasteiger partial charge in [0.2, 0.25) is 0 Å². The third kappa shape index (κ3) is 2.54. The lowest BCUT2D eigenvalue weighted by atomic mass is 10.0. The van der Waals surface area contributed by atoms with Crippen LogP contribution in [0.2, 0.25) is 0 Å². The molecule has 2 nitrogen and oxygen atoms in total. The summed E-state index contributed by atoms with van der Waals surface area (Å²) < 4.78 is 5.89. The molecule has 0 amide bonds. The van der Waals surface area contributed by atoms with Gasteiger partial charge in [-0.05, 0) is 67.7 Å². The minimum Gasteiger partial charge on any atom is -0.494 e. The third-order valence-electron chi connectivity index (χ3n) is 4.55. The van der Waals surface area contributed by atoms with Crippen molar-refractivity contribution in [1.82, 2.24) is 0 Å². The second kappa shape index (κ2) is 5.31. The van der Waals surface area contributed by atoms with Crippen LogP contribution in [-0.4, -0.2) is 12.6 Å². The van der Waals surface area contributed by atoms with E-state index in [4.69, 9.17) is 10.5 Å². The Bertz CT molecular complexity index is 416. The Morgan fingerprint density at radius 3 is 2.83 bits per heavy atom. The van der Waals surface area contributed by atoms with Crippen LogP contribution in [0.1, 0.15) is 43.2 Å². The first-order valence-corrected chi connectivity index (χ1v) is 7.33. The molecule has 1 aromatic carbocycles. The molecule has 0 heterocycles. The van der Waals surface area contributed by atoms with Crippen molar-refractivity contribution >= 4 is 0 Å². The van der Waals surface area contributed by atoms with Crippen molar-refractivity contribution in [3.05, 3.63) is 29.3 Å².